The van der Waals surface area contributed by atoms with Gasteiger partial charge in [-0.25, -0.2) is 0 Å². The van der Waals surface area contributed by atoms with Crippen molar-refractivity contribution in [2.45, 2.75) is 51.0 Å². The molecule has 4 rings (SSSR count). The van der Waals surface area contributed by atoms with Gasteiger partial charge in [0.1, 0.15) is 0 Å². The third-order valence-corrected chi connectivity index (χ3v) is 7.34. The van der Waals surface area contributed by atoms with Crippen LogP contribution in [0.3, 0.4) is 0 Å². The maximum absolute atomic E-state index is 13.4. The van der Waals surface area contributed by atoms with E-state index in [9.17, 15) is 19.8 Å². The molecule has 1 fully saturated rings. The lowest BCUT2D eigenvalue weighted by atomic mass is 9.83. The van der Waals surface area contributed by atoms with Crippen LogP contribution in [0.2, 0.25) is 0 Å². The predicted molar refractivity (Wildman–Crippen MR) is 138 cm³/mol. The molecule has 1 unspecified atom stereocenters. The van der Waals surface area contributed by atoms with Gasteiger partial charge in [-0.1, -0.05) is 25.5 Å². The Balaban J connectivity index is 1.59. The van der Waals surface area contributed by atoms with Gasteiger partial charge in [-0.3, -0.25) is 19.5 Å². The van der Waals surface area contributed by atoms with Crippen LogP contribution in [0.5, 0.6) is 11.5 Å². The highest BCUT2D eigenvalue weighted by atomic mass is 16.7. The molecule has 0 bridgehead atoms. The fourth-order valence-electron chi connectivity index (χ4n) is 5.42. The number of unbranched alkanes of at least 4 members (excludes halogenated alkanes) is 1. The summed E-state index contributed by atoms with van der Waals surface area (Å²) in [7, 11) is 0. The molecule has 3 heterocycles. The van der Waals surface area contributed by atoms with E-state index in [4.69, 9.17) is 9.47 Å². The number of ether oxygens (including phenoxy) is 2. The molecule has 0 spiro atoms. The Labute approximate surface area is 218 Å². The van der Waals surface area contributed by atoms with Gasteiger partial charge in [-0.15, -0.1) is 0 Å². The van der Waals surface area contributed by atoms with Gasteiger partial charge in [0, 0.05) is 50.1 Å². The lowest BCUT2D eigenvalue weighted by Gasteiger charge is -2.29. The first-order valence-corrected chi connectivity index (χ1v) is 13.2. The van der Waals surface area contributed by atoms with E-state index < -0.39 is 11.9 Å². The Morgan fingerprint density at radius 1 is 1.14 bits per heavy atom. The average molecular weight is 512 g/mol. The van der Waals surface area contributed by atoms with E-state index in [1.165, 1.54) is 0 Å². The maximum Gasteiger partial charge on any atom is 0.308 e. The monoisotopic (exact) mass is 511 g/mol. The van der Waals surface area contributed by atoms with E-state index in [0.717, 1.165) is 24.1 Å². The average Bonchev–Trinajstić information content (AvgIpc) is 3.52. The summed E-state index contributed by atoms with van der Waals surface area (Å²) in [5.74, 6) is -0.598. The number of aromatic nitrogens is 1. The van der Waals surface area contributed by atoms with Crippen molar-refractivity contribution in [3.8, 4) is 11.5 Å². The molecule has 0 radical (unpaired) electrons. The highest BCUT2D eigenvalue weighted by molar-refractivity contribution is 5.79. The van der Waals surface area contributed by atoms with E-state index >= 15 is 0 Å². The molecule has 1 saturated heterocycles. The highest BCUT2D eigenvalue weighted by Crippen LogP contribution is 2.43. The largest absolute Gasteiger partial charge is 0.481 e. The molecule has 2 N–H and O–H groups in total. The van der Waals surface area contributed by atoms with Crippen molar-refractivity contribution in [3.63, 3.8) is 0 Å². The van der Waals surface area contributed by atoms with Crippen LogP contribution in [0.4, 0.5) is 0 Å². The summed E-state index contributed by atoms with van der Waals surface area (Å²) in [5, 5.41) is 19.7. The van der Waals surface area contributed by atoms with Crippen LogP contribution < -0.4 is 9.47 Å². The van der Waals surface area contributed by atoms with Crippen LogP contribution in [0.25, 0.3) is 0 Å². The number of carboxylic acid groups (broad SMARTS) is 1. The number of hydrogen-bond acceptors (Lipinski definition) is 7. The molecule has 0 saturated carbocycles. The zero-order valence-corrected chi connectivity index (χ0v) is 21.4. The van der Waals surface area contributed by atoms with E-state index in [-0.39, 0.29) is 37.8 Å². The number of fused-ring (bicyclic) bond motifs is 1. The fourth-order valence-corrected chi connectivity index (χ4v) is 5.42. The Morgan fingerprint density at radius 3 is 2.68 bits per heavy atom. The van der Waals surface area contributed by atoms with Crippen LogP contribution in [0.15, 0.2) is 42.6 Å². The first-order chi connectivity index (χ1) is 18.0. The molecule has 1 amide bonds. The predicted octanol–water partition coefficient (Wildman–Crippen LogP) is 2.92. The summed E-state index contributed by atoms with van der Waals surface area (Å²) in [6, 6.07) is 11.0. The second-order valence-corrected chi connectivity index (χ2v) is 9.75. The number of pyridine rings is 1. The molecular formula is C28H37N3O6. The number of carbonyl (C=O) groups is 2. The van der Waals surface area contributed by atoms with Gasteiger partial charge in [-0.2, -0.15) is 0 Å². The van der Waals surface area contributed by atoms with E-state index in [2.05, 4.69) is 11.9 Å². The first-order valence-electron chi connectivity index (χ1n) is 13.2. The Hall–Kier alpha value is -3.17. The van der Waals surface area contributed by atoms with Crippen molar-refractivity contribution >= 4 is 11.9 Å². The molecule has 9 heteroatoms. The quantitative estimate of drug-likeness (QED) is 0.422. The molecule has 2 aliphatic rings. The summed E-state index contributed by atoms with van der Waals surface area (Å²) < 4.78 is 11.0. The Kier molecular flexibility index (Phi) is 9.35. The van der Waals surface area contributed by atoms with Crippen molar-refractivity contribution in [3.05, 3.63) is 53.9 Å². The van der Waals surface area contributed by atoms with Gasteiger partial charge in [0.05, 0.1) is 12.5 Å². The summed E-state index contributed by atoms with van der Waals surface area (Å²) in [6.07, 6.45) is 5.31. The third kappa shape index (κ3) is 6.59. The lowest BCUT2D eigenvalue weighted by Crippen LogP contribution is -2.45. The zero-order valence-electron chi connectivity index (χ0n) is 21.4. The number of amides is 1. The number of aliphatic hydroxyl groups is 1. The van der Waals surface area contributed by atoms with Crippen LogP contribution in [0, 0.1) is 5.92 Å². The van der Waals surface area contributed by atoms with Crippen LogP contribution in [0.1, 0.15) is 49.8 Å². The van der Waals surface area contributed by atoms with Crippen molar-refractivity contribution in [1.82, 2.24) is 14.8 Å². The zero-order chi connectivity index (χ0) is 26.2. The topological polar surface area (TPSA) is 112 Å². The molecule has 0 aliphatic carbocycles. The van der Waals surface area contributed by atoms with Crippen LogP contribution in [-0.4, -0.2) is 82.5 Å². The fraction of sp³-hybridized carbons (Fsp3) is 0.536. The minimum Gasteiger partial charge on any atom is -0.481 e. The molecule has 1 aromatic carbocycles. The van der Waals surface area contributed by atoms with Gasteiger partial charge in [0.25, 0.3) is 0 Å². The van der Waals surface area contributed by atoms with Crippen molar-refractivity contribution in [2.75, 3.05) is 39.6 Å². The lowest BCUT2D eigenvalue weighted by molar-refractivity contribution is -0.143. The van der Waals surface area contributed by atoms with Crippen molar-refractivity contribution < 1.29 is 29.3 Å². The van der Waals surface area contributed by atoms with Gasteiger partial charge >= 0.3 is 5.97 Å². The van der Waals surface area contributed by atoms with E-state index in [1.807, 2.05) is 41.3 Å². The SMILES string of the molecule is CCCCN(CCCO)C(=O)CN1C[C@H](c2ccc3c(c2)OCO3)C(C(=O)O)[C@@H]1CCc1ccccn1. The smallest absolute Gasteiger partial charge is 0.308 e. The Bertz CT molecular complexity index is 1040. The number of hydrogen-bond donors (Lipinski definition) is 2. The Morgan fingerprint density at radius 2 is 1.95 bits per heavy atom. The number of rotatable bonds is 13. The van der Waals surface area contributed by atoms with E-state index in [0.29, 0.717) is 50.4 Å². The van der Waals surface area contributed by atoms with Gasteiger partial charge in [0.15, 0.2) is 11.5 Å². The molecule has 9 nitrogen and oxygen atoms in total. The molecular weight excluding hydrogens is 474 g/mol. The summed E-state index contributed by atoms with van der Waals surface area (Å²) in [4.78, 5) is 34.3. The second kappa shape index (κ2) is 12.9. The standard InChI is InChI=1S/C28H37N3O6/c1-2-3-13-30(14-6-15-32)26(33)18-31-17-22(20-8-11-24-25(16-20)37-19-36-24)27(28(34)35)23(31)10-9-21-7-4-5-12-29-21/h4-5,7-8,11-12,16,22-23,27,32H,2-3,6,9-10,13-15,17-19H2,1H3,(H,34,35)/t22-,23+,27?/m1/s1. The molecule has 3 atom stereocenters. The minimum absolute atomic E-state index is 0.0274. The number of benzene rings is 1. The molecule has 2 aromatic rings. The molecule has 1 aromatic heterocycles. The number of aliphatic hydroxyl groups excluding tert-OH is 1. The second-order valence-electron chi connectivity index (χ2n) is 9.75. The van der Waals surface area contributed by atoms with Gasteiger partial charge in [0.2, 0.25) is 12.7 Å². The summed E-state index contributed by atoms with van der Waals surface area (Å²) in [6.45, 7) is 3.99. The third-order valence-electron chi connectivity index (χ3n) is 7.34. The summed E-state index contributed by atoms with van der Waals surface area (Å²) in [5.41, 5.74) is 1.77. The number of likely N-dealkylation sites (tertiary alicyclic amines) is 1. The molecule has 2 aliphatic heterocycles. The number of aryl methyl sites for hydroxylation is 1. The highest BCUT2D eigenvalue weighted by Gasteiger charge is 2.47. The van der Waals surface area contributed by atoms with Crippen LogP contribution >= 0.6 is 0 Å². The van der Waals surface area contributed by atoms with Crippen molar-refractivity contribution in [2.24, 2.45) is 5.92 Å². The van der Waals surface area contributed by atoms with Gasteiger partial charge in [-0.05, 0) is 55.5 Å². The summed E-state index contributed by atoms with van der Waals surface area (Å²) >= 11 is 0. The first kappa shape index (κ1) is 26.9. The number of nitrogens with zero attached hydrogens (tertiary/aromatic N) is 3. The van der Waals surface area contributed by atoms with Crippen molar-refractivity contribution in [1.29, 1.82) is 0 Å². The minimum atomic E-state index is -0.869. The maximum atomic E-state index is 13.4. The van der Waals surface area contributed by atoms with E-state index in [1.54, 1.807) is 11.1 Å². The normalized spacial score (nSPS) is 20.8. The van der Waals surface area contributed by atoms with Crippen LogP contribution in [-0.2, 0) is 16.0 Å². The molecule has 200 valence electrons. The number of carboxylic acids is 1. The number of aliphatic carboxylic acids is 1. The number of carbonyl (C=O) groups excluding carboxylic acids is 1. The molecule has 37 heavy (non-hydrogen) atoms. The van der Waals surface area contributed by atoms with Gasteiger partial charge < -0.3 is 24.6 Å².